The third-order valence-electron chi connectivity index (χ3n) is 6.20. The first kappa shape index (κ1) is 26.0. The van der Waals surface area contributed by atoms with Crippen LogP contribution in [-0.2, 0) is 14.8 Å². The number of amides is 1. The van der Waals surface area contributed by atoms with Gasteiger partial charge in [0.15, 0.2) is 0 Å². The van der Waals surface area contributed by atoms with Crippen molar-refractivity contribution < 1.29 is 35.5 Å². The number of hydrogen-bond acceptors (Lipinski definition) is 5. The Morgan fingerprint density at radius 3 is 2.47 bits per heavy atom. The summed E-state index contributed by atoms with van der Waals surface area (Å²) in [5.41, 5.74) is 7.07. The molecular formula is C23H24F4N4O4S. The maximum absolute atomic E-state index is 14.5. The van der Waals surface area contributed by atoms with Crippen LogP contribution in [0, 0.1) is 12.7 Å². The van der Waals surface area contributed by atoms with Crippen LogP contribution in [0.15, 0.2) is 35.4 Å². The molecule has 1 fully saturated rings. The first-order chi connectivity index (χ1) is 16.8. The van der Waals surface area contributed by atoms with Crippen LogP contribution in [0.2, 0.25) is 0 Å². The SMILES string of the molecule is Cc1cc2c(cc1F)c(C(N)=O)c(-c1ccc(S(=O)(=O)N[C@@H](C)C(F)(F)F)cn1)n2C1CCOCC1. The minimum atomic E-state index is -4.77. The molecule has 1 amide bonds. The van der Waals surface area contributed by atoms with Crippen molar-refractivity contribution in [2.24, 2.45) is 5.73 Å². The highest BCUT2D eigenvalue weighted by Gasteiger charge is 2.39. The Bertz CT molecular complexity index is 1410. The maximum atomic E-state index is 14.5. The van der Waals surface area contributed by atoms with Gasteiger partial charge in [0.1, 0.15) is 16.8 Å². The van der Waals surface area contributed by atoms with Crippen LogP contribution in [0.25, 0.3) is 22.3 Å². The molecule has 1 aromatic carbocycles. The van der Waals surface area contributed by atoms with Gasteiger partial charge < -0.3 is 15.0 Å². The van der Waals surface area contributed by atoms with E-state index in [1.54, 1.807) is 17.7 Å². The molecule has 0 radical (unpaired) electrons. The Hall–Kier alpha value is -3.03. The first-order valence-corrected chi connectivity index (χ1v) is 12.6. The van der Waals surface area contributed by atoms with E-state index in [-0.39, 0.29) is 28.4 Å². The minimum absolute atomic E-state index is 0.0160. The fourth-order valence-electron chi connectivity index (χ4n) is 4.30. The molecule has 1 aliphatic heterocycles. The zero-order valence-corrected chi connectivity index (χ0v) is 20.2. The van der Waals surface area contributed by atoms with Gasteiger partial charge in [-0.2, -0.15) is 17.9 Å². The number of sulfonamides is 1. The van der Waals surface area contributed by atoms with Crippen LogP contribution in [0.3, 0.4) is 0 Å². The van der Waals surface area contributed by atoms with Gasteiger partial charge in [0.2, 0.25) is 10.0 Å². The summed E-state index contributed by atoms with van der Waals surface area (Å²) in [7, 11) is -4.53. The number of pyridine rings is 1. The highest BCUT2D eigenvalue weighted by Crippen LogP contribution is 2.39. The number of hydrogen-bond donors (Lipinski definition) is 2. The summed E-state index contributed by atoms with van der Waals surface area (Å²) in [6.07, 6.45) is -2.67. The quantitative estimate of drug-likeness (QED) is 0.472. The summed E-state index contributed by atoms with van der Waals surface area (Å²) in [4.78, 5) is 16.2. The van der Waals surface area contributed by atoms with Crippen LogP contribution in [-0.4, -0.2) is 49.3 Å². The Morgan fingerprint density at radius 1 is 1.25 bits per heavy atom. The van der Waals surface area contributed by atoms with E-state index >= 15 is 0 Å². The number of nitrogens with two attached hydrogens (primary N) is 1. The number of aromatic nitrogens is 2. The Morgan fingerprint density at radius 2 is 1.92 bits per heavy atom. The number of alkyl halides is 3. The molecule has 3 heterocycles. The third kappa shape index (κ3) is 4.82. The highest BCUT2D eigenvalue weighted by molar-refractivity contribution is 7.89. The van der Waals surface area contributed by atoms with Crippen molar-refractivity contribution in [1.29, 1.82) is 0 Å². The number of halogens is 4. The molecule has 36 heavy (non-hydrogen) atoms. The second-order valence-electron chi connectivity index (χ2n) is 8.68. The van der Waals surface area contributed by atoms with Crippen LogP contribution in [0.1, 0.15) is 41.7 Å². The average molecular weight is 529 g/mol. The first-order valence-electron chi connectivity index (χ1n) is 11.1. The van der Waals surface area contributed by atoms with Gasteiger partial charge in [0.05, 0.1) is 22.5 Å². The van der Waals surface area contributed by atoms with Crippen molar-refractivity contribution in [3.05, 3.63) is 47.4 Å². The summed E-state index contributed by atoms with van der Waals surface area (Å²) in [5, 5.41) is 0.284. The average Bonchev–Trinajstić information content (AvgIpc) is 3.13. The molecule has 2 aromatic heterocycles. The lowest BCUT2D eigenvalue weighted by molar-refractivity contribution is -0.147. The second kappa shape index (κ2) is 9.45. The number of benzene rings is 1. The zero-order chi connectivity index (χ0) is 26.4. The Labute approximate surface area is 204 Å². The zero-order valence-electron chi connectivity index (χ0n) is 19.4. The number of nitrogens with one attached hydrogen (secondary N) is 1. The van der Waals surface area contributed by atoms with E-state index in [4.69, 9.17) is 10.5 Å². The lowest BCUT2D eigenvalue weighted by Crippen LogP contribution is -2.42. The van der Waals surface area contributed by atoms with Crippen molar-refractivity contribution in [1.82, 2.24) is 14.3 Å². The lowest BCUT2D eigenvalue weighted by Gasteiger charge is -2.27. The van der Waals surface area contributed by atoms with Gasteiger partial charge in [-0.25, -0.2) is 12.8 Å². The number of carbonyl (C=O) groups excluding carboxylic acids is 1. The third-order valence-corrected chi connectivity index (χ3v) is 7.72. The number of nitrogens with zero attached hydrogens (tertiary/aromatic N) is 2. The lowest BCUT2D eigenvalue weighted by atomic mass is 10.1. The summed E-state index contributed by atoms with van der Waals surface area (Å²) in [5.74, 6) is -1.36. The smallest absolute Gasteiger partial charge is 0.381 e. The Balaban J connectivity index is 1.88. The fourth-order valence-corrected chi connectivity index (χ4v) is 5.48. The molecule has 3 N–H and O–H groups in total. The topological polar surface area (TPSA) is 116 Å². The van der Waals surface area contributed by atoms with Gasteiger partial charge in [0.25, 0.3) is 5.91 Å². The molecule has 1 atom stereocenters. The van der Waals surface area contributed by atoms with Gasteiger partial charge >= 0.3 is 6.18 Å². The van der Waals surface area contributed by atoms with Gasteiger partial charge in [-0.15, -0.1) is 0 Å². The van der Waals surface area contributed by atoms with Gasteiger partial charge in [-0.3, -0.25) is 9.78 Å². The molecule has 1 aliphatic rings. The van der Waals surface area contributed by atoms with Crippen LogP contribution in [0.5, 0.6) is 0 Å². The fraction of sp³-hybridized carbons (Fsp3) is 0.391. The molecule has 3 aromatic rings. The van der Waals surface area contributed by atoms with E-state index in [0.717, 1.165) is 12.3 Å². The van der Waals surface area contributed by atoms with Crippen molar-refractivity contribution in [3.63, 3.8) is 0 Å². The van der Waals surface area contributed by atoms with E-state index in [2.05, 4.69) is 4.98 Å². The summed E-state index contributed by atoms with van der Waals surface area (Å²) >= 11 is 0. The molecule has 0 saturated carbocycles. The van der Waals surface area contributed by atoms with E-state index in [9.17, 15) is 30.8 Å². The predicted molar refractivity (Wildman–Crippen MR) is 123 cm³/mol. The largest absolute Gasteiger partial charge is 0.404 e. The molecule has 1 saturated heterocycles. The monoisotopic (exact) mass is 528 g/mol. The number of rotatable bonds is 6. The van der Waals surface area contributed by atoms with Crippen LogP contribution in [0.4, 0.5) is 17.6 Å². The molecule has 0 unspecified atom stereocenters. The minimum Gasteiger partial charge on any atom is -0.381 e. The van der Waals surface area contributed by atoms with E-state index in [1.807, 2.05) is 4.57 Å². The standard InChI is InChI=1S/C23H24F4N4O4S/c1-12-9-19-16(10-17(12)24)20(22(28)32)21(31(19)14-5-7-35-8-6-14)18-4-3-15(11-29-18)36(33,34)30-13(2)23(25,26)27/h3-4,9-11,13-14,30H,5-8H2,1-2H3,(H2,28,32)/t13-/m0/s1. The van der Waals surface area contributed by atoms with Crippen molar-refractivity contribution in [2.75, 3.05) is 13.2 Å². The maximum Gasteiger partial charge on any atom is 0.404 e. The molecule has 0 bridgehead atoms. The number of primary amides is 1. The summed E-state index contributed by atoms with van der Waals surface area (Å²) < 4.78 is 86.8. The number of fused-ring (bicyclic) bond motifs is 1. The molecule has 194 valence electrons. The van der Waals surface area contributed by atoms with E-state index in [0.29, 0.717) is 44.1 Å². The molecule has 0 aliphatic carbocycles. The van der Waals surface area contributed by atoms with Crippen molar-refractivity contribution in [3.8, 4) is 11.4 Å². The number of aryl methyl sites for hydroxylation is 1. The molecular weight excluding hydrogens is 504 g/mol. The van der Waals surface area contributed by atoms with E-state index in [1.165, 1.54) is 12.1 Å². The Kier molecular flexibility index (Phi) is 6.84. The summed E-state index contributed by atoms with van der Waals surface area (Å²) in [6.45, 7) is 3.20. The predicted octanol–water partition coefficient (Wildman–Crippen LogP) is 3.83. The molecule has 0 spiro atoms. The van der Waals surface area contributed by atoms with Gasteiger partial charge in [-0.05, 0) is 56.5 Å². The molecule has 4 rings (SSSR count). The normalized spacial score (nSPS) is 16.4. The molecule has 8 nitrogen and oxygen atoms in total. The van der Waals surface area contributed by atoms with Crippen molar-refractivity contribution >= 4 is 26.8 Å². The number of carbonyl (C=O) groups is 1. The van der Waals surface area contributed by atoms with Gasteiger partial charge in [0, 0.05) is 30.8 Å². The molecule has 13 heteroatoms. The van der Waals surface area contributed by atoms with Crippen LogP contribution >= 0.6 is 0 Å². The summed E-state index contributed by atoms with van der Waals surface area (Å²) in [6, 6.07) is 2.76. The van der Waals surface area contributed by atoms with Crippen molar-refractivity contribution in [2.45, 2.75) is 49.8 Å². The highest BCUT2D eigenvalue weighted by atomic mass is 32.2. The van der Waals surface area contributed by atoms with E-state index < -0.39 is 38.9 Å². The van der Waals surface area contributed by atoms with Gasteiger partial charge in [-0.1, -0.05) is 0 Å². The second-order valence-corrected chi connectivity index (χ2v) is 10.4. The number of ether oxygens (including phenoxy) is 1. The van der Waals surface area contributed by atoms with Crippen LogP contribution < -0.4 is 10.5 Å².